The smallest absolute Gasteiger partial charge is 0.306 e. The lowest BCUT2D eigenvalue weighted by Crippen LogP contribution is -2.34. The standard InChI is InChI=1S/C22H41O3P/c1-15(2)24-26(23,25-16(3)4)14-11-18-17-9-10-19-20(17)21(5,6)12-8-13-22(18,19)7/h15-20H,8-14H2,1-7H3/t17-,18+,19-,20+,22-/m1/s1. The largest absolute Gasteiger partial charge is 0.331 e. The van der Waals surface area contributed by atoms with E-state index in [0.29, 0.717) is 22.9 Å². The Balaban J connectivity index is 1.78. The van der Waals surface area contributed by atoms with Gasteiger partial charge < -0.3 is 9.05 Å². The molecule has 0 N–H and O–H groups in total. The zero-order chi connectivity index (χ0) is 19.3. The van der Waals surface area contributed by atoms with Crippen LogP contribution < -0.4 is 0 Å². The zero-order valence-electron chi connectivity index (χ0n) is 18.1. The fourth-order valence-corrected chi connectivity index (χ4v) is 9.32. The maximum absolute atomic E-state index is 13.3. The van der Waals surface area contributed by atoms with Crippen molar-refractivity contribution in [1.82, 2.24) is 0 Å². The minimum atomic E-state index is -3.02. The molecule has 26 heavy (non-hydrogen) atoms. The summed E-state index contributed by atoms with van der Waals surface area (Å²) < 4.78 is 25.0. The summed E-state index contributed by atoms with van der Waals surface area (Å²) in [6, 6.07) is 0. The molecule has 3 rings (SSSR count). The summed E-state index contributed by atoms with van der Waals surface area (Å²) in [4.78, 5) is 0. The molecule has 4 heteroatoms. The molecular weight excluding hydrogens is 343 g/mol. The van der Waals surface area contributed by atoms with Crippen LogP contribution in [0.2, 0.25) is 0 Å². The molecule has 152 valence electrons. The maximum Gasteiger partial charge on any atom is 0.331 e. The van der Waals surface area contributed by atoms with Crippen LogP contribution in [0.1, 0.15) is 87.0 Å². The topological polar surface area (TPSA) is 35.5 Å². The summed E-state index contributed by atoms with van der Waals surface area (Å²) in [5, 5.41) is 0. The van der Waals surface area contributed by atoms with Gasteiger partial charge >= 0.3 is 7.60 Å². The summed E-state index contributed by atoms with van der Waals surface area (Å²) in [6.45, 7) is 15.4. The van der Waals surface area contributed by atoms with E-state index in [1.165, 1.54) is 32.1 Å². The predicted molar refractivity (Wildman–Crippen MR) is 108 cm³/mol. The van der Waals surface area contributed by atoms with E-state index in [0.717, 1.165) is 24.2 Å². The van der Waals surface area contributed by atoms with E-state index in [2.05, 4.69) is 20.8 Å². The van der Waals surface area contributed by atoms with Gasteiger partial charge in [0.25, 0.3) is 0 Å². The first-order chi connectivity index (χ1) is 12.0. The summed E-state index contributed by atoms with van der Waals surface area (Å²) >= 11 is 0. The Labute approximate surface area is 161 Å². The van der Waals surface area contributed by atoms with Crippen molar-refractivity contribution in [3.63, 3.8) is 0 Å². The molecule has 0 aromatic heterocycles. The Kier molecular flexibility index (Phi) is 5.78. The van der Waals surface area contributed by atoms with E-state index in [1.807, 2.05) is 27.7 Å². The van der Waals surface area contributed by atoms with Crippen LogP contribution in [0, 0.1) is 34.5 Å². The molecule has 3 aliphatic rings. The van der Waals surface area contributed by atoms with E-state index in [4.69, 9.17) is 9.05 Å². The lowest BCUT2D eigenvalue weighted by molar-refractivity contribution is 0.0795. The first-order valence-electron chi connectivity index (χ1n) is 10.9. The third-order valence-corrected chi connectivity index (χ3v) is 10.1. The Morgan fingerprint density at radius 1 is 1.00 bits per heavy atom. The average molecular weight is 385 g/mol. The molecular formula is C22H41O3P. The van der Waals surface area contributed by atoms with Crippen molar-refractivity contribution >= 4 is 7.60 Å². The zero-order valence-corrected chi connectivity index (χ0v) is 19.0. The third-order valence-electron chi connectivity index (χ3n) is 7.81. The second kappa shape index (κ2) is 7.20. The molecule has 3 nitrogen and oxygen atoms in total. The molecule has 0 spiro atoms. The molecule has 5 atom stereocenters. The van der Waals surface area contributed by atoms with E-state index in [1.54, 1.807) is 0 Å². The van der Waals surface area contributed by atoms with Crippen molar-refractivity contribution in [1.29, 1.82) is 0 Å². The highest BCUT2D eigenvalue weighted by atomic mass is 31.2. The van der Waals surface area contributed by atoms with Gasteiger partial charge in [0.15, 0.2) is 0 Å². The monoisotopic (exact) mass is 384 g/mol. The molecule has 4 bridgehead atoms. The number of rotatable bonds is 7. The molecule has 3 aliphatic carbocycles. The summed E-state index contributed by atoms with van der Waals surface area (Å²) in [5.41, 5.74) is 0.896. The SMILES string of the molecule is CC(C)OP(=O)(CC[C@H]1[C@H]2CC[C@@H]3[C@H]2C(C)(C)CCC[C@@]31C)OC(C)C. The molecule has 0 saturated heterocycles. The van der Waals surface area contributed by atoms with Gasteiger partial charge in [-0.05, 0) is 94.3 Å². The number of hydrogen-bond acceptors (Lipinski definition) is 3. The number of hydrogen-bond donors (Lipinski definition) is 0. The summed E-state index contributed by atoms with van der Waals surface area (Å²) in [5.74, 6) is 3.22. The molecule has 0 aromatic rings. The molecule has 0 aromatic carbocycles. The maximum atomic E-state index is 13.3. The quantitative estimate of drug-likeness (QED) is 0.447. The Hall–Kier alpha value is 0.150. The van der Waals surface area contributed by atoms with Crippen LogP contribution >= 0.6 is 7.60 Å². The van der Waals surface area contributed by atoms with E-state index in [-0.39, 0.29) is 12.2 Å². The fraction of sp³-hybridized carbons (Fsp3) is 1.00. The first kappa shape index (κ1) is 20.9. The minimum absolute atomic E-state index is 0.0587. The van der Waals surface area contributed by atoms with E-state index >= 15 is 0 Å². The Morgan fingerprint density at radius 3 is 2.19 bits per heavy atom. The van der Waals surface area contributed by atoms with Crippen molar-refractivity contribution in [2.45, 2.75) is 99.2 Å². The molecule has 0 heterocycles. The van der Waals surface area contributed by atoms with Gasteiger partial charge in [-0.1, -0.05) is 27.2 Å². The lowest BCUT2D eigenvalue weighted by atomic mass is 9.64. The summed E-state index contributed by atoms with van der Waals surface area (Å²) in [7, 11) is -3.02. The van der Waals surface area contributed by atoms with Crippen molar-refractivity contribution in [2.75, 3.05) is 6.16 Å². The molecule has 3 fully saturated rings. The van der Waals surface area contributed by atoms with Gasteiger partial charge in [0, 0.05) is 0 Å². The predicted octanol–water partition coefficient (Wildman–Crippen LogP) is 6.91. The molecule has 3 saturated carbocycles. The average Bonchev–Trinajstić information content (AvgIpc) is 2.95. The minimum Gasteiger partial charge on any atom is -0.306 e. The molecule has 0 amide bonds. The van der Waals surface area contributed by atoms with Crippen molar-refractivity contribution < 1.29 is 13.6 Å². The lowest BCUT2D eigenvalue weighted by Gasteiger charge is -2.42. The van der Waals surface area contributed by atoms with Gasteiger partial charge in [-0.3, -0.25) is 4.57 Å². The molecule has 0 aliphatic heterocycles. The van der Waals surface area contributed by atoms with Gasteiger partial charge in [-0.15, -0.1) is 0 Å². The van der Waals surface area contributed by atoms with Crippen molar-refractivity contribution in [2.24, 2.45) is 34.5 Å². The first-order valence-corrected chi connectivity index (χ1v) is 12.7. The second-order valence-electron chi connectivity index (χ2n) is 10.8. The normalized spacial score (nSPS) is 39.0. The van der Waals surface area contributed by atoms with Gasteiger partial charge in [0.05, 0.1) is 18.4 Å². The highest BCUT2D eigenvalue weighted by Crippen LogP contribution is 2.72. The van der Waals surface area contributed by atoms with E-state index < -0.39 is 7.60 Å². The van der Waals surface area contributed by atoms with Gasteiger partial charge in [0.2, 0.25) is 0 Å². The van der Waals surface area contributed by atoms with Crippen LogP contribution in [0.5, 0.6) is 0 Å². The van der Waals surface area contributed by atoms with Gasteiger partial charge in [-0.25, -0.2) is 0 Å². The van der Waals surface area contributed by atoms with Crippen LogP contribution in [-0.4, -0.2) is 18.4 Å². The van der Waals surface area contributed by atoms with Crippen LogP contribution in [0.25, 0.3) is 0 Å². The van der Waals surface area contributed by atoms with Crippen LogP contribution in [0.15, 0.2) is 0 Å². The van der Waals surface area contributed by atoms with Gasteiger partial charge in [-0.2, -0.15) is 0 Å². The van der Waals surface area contributed by atoms with Gasteiger partial charge in [0.1, 0.15) is 0 Å². The molecule has 0 radical (unpaired) electrons. The Bertz CT molecular complexity index is 542. The van der Waals surface area contributed by atoms with Crippen LogP contribution in [-0.2, 0) is 13.6 Å². The fourth-order valence-electron chi connectivity index (χ4n) is 7.19. The highest BCUT2D eigenvalue weighted by Gasteiger charge is 2.64. The Morgan fingerprint density at radius 2 is 1.62 bits per heavy atom. The third kappa shape index (κ3) is 3.70. The van der Waals surface area contributed by atoms with Crippen LogP contribution in [0.3, 0.4) is 0 Å². The summed E-state index contributed by atoms with van der Waals surface area (Å²) in [6.07, 6.45) is 8.32. The molecule has 0 unspecified atom stereocenters. The van der Waals surface area contributed by atoms with Crippen molar-refractivity contribution in [3.8, 4) is 0 Å². The van der Waals surface area contributed by atoms with E-state index in [9.17, 15) is 4.57 Å². The second-order valence-corrected chi connectivity index (χ2v) is 12.9. The van der Waals surface area contributed by atoms with Crippen LogP contribution in [0.4, 0.5) is 0 Å². The van der Waals surface area contributed by atoms with Crippen molar-refractivity contribution in [3.05, 3.63) is 0 Å². The highest BCUT2D eigenvalue weighted by molar-refractivity contribution is 7.53.